The molecule has 21 heavy (non-hydrogen) atoms. The lowest BCUT2D eigenvalue weighted by Gasteiger charge is -2.22. The summed E-state index contributed by atoms with van der Waals surface area (Å²) in [5, 5.41) is -0.412. The largest absolute Gasteiger partial charge is 0.479 e. The fourth-order valence-corrected chi connectivity index (χ4v) is 2.52. The van der Waals surface area contributed by atoms with Gasteiger partial charge in [0.1, 0.15) is 18.2 Å². The average molecular weight is 312 g/mol. The molecule has 2 aromatic rings. The number of hydrogen-bond donors (Lipinski definition) is 1. The van der Waals surface area contributed by atoms with Crippen LogP contribution in [-0.2, 0) is 4.79 Å². The third kappa shape index (κ3) is 2.65. The Kier molecular flexibility index (Phi) is 4.32. The van der Waals surface area contributed by atoms with E-state index in [1.54, 1.807) is 11.5 Å². The van der Waals surface area contributed by atoms with Crippen molar-refractivity contribution in [2.75, 3.05) is 7.11 Å². The Hall–Kier alpha value is -1.89. The summed E-state index contributed by atoms with van der Waals surface area (Å²) in [6.07, 6.45) is 1.36. The fourth-order valence-electron chi connectivity index (χ4n) is 2.36. The molecule has 0 aliphatic carbocycles. The minimum Gasteiger partial charge on any atom is -0.479 e. The van der Waals surface area contributed by atoms with E-state index in [-0.39, 0.29) is 5.92 Å². The van der Waals surface area contributed by atoms with Gasteiger partial charge in [0.05, 0.1) is 12.5 Å². The van der Waals surface area contributed by atoms with Gasteiger partial charge < -0.3 is 10.5 Å². The van der Waals surface area contributed by atoms with Crippen LogP contribution in [0.1, 0.15) is 38.0 Å². The standard InChI is InChI=1S/C13H18ClN5O2/c1-6(2)9(10(15)20)19-11(7(3)14)18-8-12(19)16-5-17-13(8)21-4/h5-7,9H,1-4H3,(H2,15,20). The van der Waals surface area contributed by atoms with E-state index in [1.807, 2.05) is 13.8 Å². The molecule has 2 N–H and O–H groups in total. The molecular formula is C13H18ClN5O2. The molecule has 2 rings (SSSR count). The SMILES string of the molecule is COc1ncnc2c1nc(C(C)Cl)n2C(C(N)=O)C(C)C. The molecule has 0 fully saturated rings. The predicted octanol–water partition coefficient (Wildman–Crippen LogP) is 1.82. The van der Waals surface area contributed by atoms with Crippen LogP contribution in [0.15, 0.2) is 6.33 Å². The zero-order valence-corrected chi connectivity index (χ0v) is 13.1. The maximum absolute atomic E-state index is 11.9. The topological polar surface area (TPSA) is 95.9 Å². The Labute approximate surface area is 127 Å². The highest BCUT2D eigenvalue weighted by Crippen LogP contribution is 2.32. The van der Waals surface area contributed by atoms with E-state index in [1.165, 1.54) is 13.4 Å². The maximum atomic E-state index is 11.9. The van der Waals surface area contributed by atoms with Crippen LogP contribution >= 0.6 is 11.6 Å². The molecule has 0 bridgehead atoms. The zero-order valence-electron chi connectivity index (χ0n) is 12.4. The first-order valence-electron chi connectivity index (χ1n) is 6.58. The molecule has 1 amide bonds. The molecule has 114 valence electrons. The molecule has 8 heteroatoms. The summed E-state index contributed by atoms with van der Waals surface area (Å²) >= 11 is 6.20. The number of fused-ring (bicyclic) bond motifs is 1. The lowest BCUT2D eigenvalue weighted by molar-refractivity contribution is -0.122. The van der Waals surface area contributed by atoms with E-state index in [0.29, 0.717) is 22.9 Å². The summed E-state index contributed by atoms with van der Waals surface area (Å²) < 4.78 is 6.87. The normalized spacial score (nSPS) is 14.4. The van der Waals surface area contributed by atoms with Crippen molar-refractivity contribution < 1.29 is 9.53 Å². The third-order valence-electron chi connectivity index (χ3n) is 3.22. The van der Waals surface area contributed by atoms with Gasteiger partial charge in [0.25, 0.3) is 0 Å². The van der Waals surface area contributed by atoms with Crippen LogP contribution < -0.4 is 10.5 Å². The number of rotatable bonds is 5. The summed E-state index contributed by atoms with van der Waals surface area (Å²) in [6.45, 7) is 5.59. The number of halogens is 1. The van der Waals surface area contributed by atoms with Crippen LogP contribution in [0, 0.1) is 5.92 Å². The van der Waals surface area contributed by atoms with Gasteiger partial charge >= 0.3 is 0 Å². The van der Waals surface area contributed by atoms with Gasteiger partial charge in [0.2, 0.25) is 11.8 Å². The van der Waals surface area contributed by atoms with Crippen LogP contribution in [0.2, 0.25) is 0 Å². The van der Waals surface area contributed by atoms with Gasteiger partial charge in [0, 0.05) is 0 Å². The highest BCUT2D eigenvalue weighted by atomic mass is 35.5. The molecule has 0 aliphatic rings. The van der Waals surface area contributed by atoms with Gasteiger partial charge in [-0.2, -0.15) is 4.98 Å². The van der Waals surface area contributed by atoms with Gasteiger partial charge in [-0.15, -0.1) is 11.6 Å². The van der Waals surface area contributed by atoms with Crippen LogP contribution in [0.5, 0.6) is 5.88 Å². The highest BCUT2D eigenvalue weighted by Gasteiger charge is 2.30. The van der Waals surface area contributed by atoms with Gasteiger partial charge in [-0.1, -0.05) is 13.8 Å². The minimum atomic E-state index is -0.592. The Bertz CT molecular complexity index is 668. The lowest BCUT2D eigenvalue weighted by atomic mass is 10.0. The van der Waals surface area contributed by atoms with E-state index in [0.717, 1.165) is 0 Å². The number of carbonyl (C=O) groups is 1. The highest BCUT2D eigenvalue weighted by molar-refractivity contribution is 6.20. The second-order valence-electron chi connectivity index (χ2n) is 5.10. The van der Waals surface area contributed by atoms with E-state index in [4.69, 9.17) is 22.1 Å². The van der Waals surface area contributed by atoms with Crippen molar-refractivity contribution >= 4 is 28.7 Å². The first-order chi connectivity index (χ1) is 9.88. The quantitative estimate of drug-likeness (QED) is 0.850. The summed E-state index contributed by atoms with van der Waals surface area (Å²) in [6, 6.07) is -0.592. The second-order valence-corrected chi connectivity index (χ2v) is 5.76. The van der Waals surface area contributed by atoms with E-state index < -0.39 is 17.3 Å². The fraction of sp³-hybridized carbons (Fsp3) is 0.538. The van der Waals surface area contributed by atoms with Crippen molar-refractivity contribution in [3.8, 4) is 5.88 Å². The molecule has 0 saturated heterocycles. The Morgan fingerprint density at radius 2 is 2.05 bits per heavy atom. The molecule has 2 heterocycles. The first kappa shape index (κ1) is 15.5. The Morgan fingerprint density at radius 3 is 2.52 bits per heavy atom. The second kappa shape index (κ2) is 5.85. The number of amides is 1. The van der Waals surface area contributed by atoms with Crippen molar-refractivity contribution in [3.63, 3.8) is 0 Å². The summed E-state index contributed by atoms with van der Waals surface area (Å²) in [5.74, 6) is 0.364. The summed E-state index contributed by atoms with van der Waals surface area (Å²) in [5.41, 5.74) is 6.51. The van der Waals surface area contributed by atoms with Gasteiger partial charge in [0.15, 0.2) is 11.2 Å². The van der Waals surface area contributed by atoms with E-state index in [9.17, 15) is 4.79 Å². The van der Waals surface area contributed by atoms with Gasteiger partial charge in [-0.3, -0.25) is 9.36 Å². The van der Waals surface area contributed by atoms with Crippen molar-refractivity contribution in [2.45, 2.75) is 32.2 Å². The number of ether oxygens (including phenoxy) is 1. The number of methoxy groups -OCH3 is 1. The number of hydrogen-bond acceptors (Lipinski definition) is 5. The maximum Gasteiger partial charge on any atom is 0.245 e. The Balaban J connectivity index is 2.81. The first-order valence-corrected chi connectivity index (χ1v) is 7.02. The van der Waals surface area contributed by atoms with Crippen LogP contribution in [0.25, 0.3) is 11.2 Å². The number of imidazole rings is 1. The van der Waals surface area contributed by atoms with Crippen molar-refractivity contribution in [3.05, 3.63) is 12.2 Å². The monoisotopic (exact) mass is 311 g/mol. The minimum absolute atomic E-state index is 0.0324. The number of carbonyl (C=O) groups excluding carboxylic acids is 1. The molecule has 7 nitrogen and oxygen atoms in total. The molecule has 0 saturated carbocycles. The molecule has 0 radical (unpaired) electrons. The molecule has 2 aromatic heterocycles. The molecular weight excluding hydrogens is 294 g/mol. The molecule has 2 atom stereocenters. The third-order valence-corrected chi connectivity index (χ3v) is 3.42. The van der Waals surface area contributed by atoms with E-state index in [2.05, 4.69) is 15.0 Å². The number of nitrogens with two attached hydrogens (primary N) is 1. The molecule has 0 aromatic carbocycles. The number of primary amides is 1. The van der Waals surface area contributed by atoms with E-state index >= 15 is 0 Å². The van der Waals surface area contributed by atoms with Crippen LogP contribution in [0.4, 0.5) is 0 Å². The van der Waals surface area contributed by atoms with Crippen molar-refractivity contribution in [1.82, 2.24) is 19.5 Å². The van der Waals surface area contributed by atoms with Gasteiger partial charge in [-0.05, 0) is 12.8 Å². The summed E-state index contributed by atoms with van der Waals surface area (Å²) in [7, 11) is 1.50. The number of aromatic nitrogens is 4. The van der Waals surface area contributed by atoms with Crippen LogP contribution in [-0.4, -0.2) is 32.5 Å². The van der Waals surface area contributed by atoms with Gasteiger partial charge in [-0.25, -0.2) is 9.97 Å². The Morgan fingerprint density at radius 1 is 1.38 bits per heavy atom. The van der Waals surface area contributed by atoms with Crippen molar-refractivity contribution in [2.24, 2.45) is 11.7 Å². The number of alkyl halides is 1. The molecule has 0 aliphatic heterocycles. The van der Waals surface area contributed by atoms with Crippen LogP contribution in [0.3, 0.4) is 0 Å². The summed E-state index contributed by atoms with van der Waals surface area (Å²) in [4.78, 5) is 24.6. The smallest absolute Gasteiger partial charge is 0.245 e. The average Bonchev–Trinajstić information content (AvgIpc) is 2.77. The van der Waals surface area contributed by atoms with Crippen molar-refractivity contribution in [1.29, 1.82) is 0 Å². The molecule has 2 unspecified atom stereocenters. The molecule has 0 spiro atoms. The number of nitrogens with zero attached hydrogens (tertiary/aromatic N) is 4. The zero-order chi connectivity index (χ0) is 15.7. The predicted molar refractivity (Wildman–Crippen MR) is 79.2 cm³/mol. The lowest BCUT2D eigenvalue weighted by Crippen LogP contribution is -2.31.